The molecule has 0 radical (unpaired) electrons. The molecule has 2 atom stereocenters. The Morgan fingerprint density at radius 2 is 1.69 bits per heavy atom. The number of carbonyl (C=O) groups is 1. The summed E-state index contributed by atoms with van der Waals surface area (Å²) in [5.41, 5.74) is 10.1. The van der Waals surface area contributed by atoms with E-state index in [1.54, 1.807) is 6.07 Å². The van der Waals surface area contributed by atoms with Gasteiger partial charge in [0.25, 0.3) is 0 Å². The van der Waals surface area contributed by atoms with Crippen LogP contribution in [0.5, 0.6) is 11.5 Å². The van der Waals surface area contributed by atoms with Gasteiger partial charge in [0.1, 0.15) is 11.5 Å². The molecule has 2 heterocycles. The van der Waals surface area contributed by atoms with Crippen LogP contribution >= 0.6 is 0 Å². The highest BCUT2D eigenvalue weighted by molar-refractivity contribution is 5.83. The van der Waals surface area contributed by atoms with Crippen molar-refractivity contribution in [3.63, 3.8) is 0 Å². The quantitative estimate of drug-likeness (QED) is 0.379. The smallest absolute Gasteiger partial charge is 0.237 e. The van der Waals surface area contributed by atoms with Gasteiger partial charge in [-0.2, -0.15) is 0 Å². The third kappa shape index (κ3) is 4.91. The van der Waals surface area contributed by atoms with Crippen LogP contribution in [0.25, 0.3) is 0 Å². The predicted octanol–water partition coefficient (Wildman–Crippen LogP) is 4.34. The lowest BCUT2D eigenvalue weighted by molar-refractivity contribution is -0.123. The zero-order valence-corrected chi connectivity index (χ0v) is 21.2. The predicted molar refractivity (Wildman–Crippen MR) is 143 cm³/mol. The van der Waals surface area contributed by atoms with Crippen molar-refractivity contribution in [2.45, 2.75) is 58.5 Å². The zero-order valence-electron chi connectivity index (χ0n) is 21.2. The van der Waals surface area contributed by atoms with E-state index in [1.807, 2.05) is 39.0 Å². The van der Waals surface area contributed by atoms with Gasteiger partial charge in [-0.25, -0.2) is 0 Å². The number of phenolic OH excluding ortho intramolecular Hbond substituents is 2. The number of aryl methyl sites for hydroxylation is 3. The van der Waals surface area contributed by atoms with Gasteiger partial charge in [0.05, 0.1) is 12.1 Å². The van der Waals surface area contributed by atoms with E-state index in [9.17, 15) is 15.0 Å². The van der Waals surface area contributed by atoms with Gasteiger partial charge in [-0.05, 0) is 128 Å². The molecule has 0 saturated heterocycles. The number of benzene rings is 3. The molecule has 2 aliphatic heterocycles. The summed E-state index contributed by atoms with van der Waals surface area (Å²) in [5.74, 6) is 0.602. The van der Waals surface area contributed by atoms with Gasteiger partial charge in [-0.3, -0.25) is 4.79 Å². The van der Waals surface area contributed by atoms with E-state index in [0.29, 0.717) is 18.7 Å². The van der Waals surface area contributed by atoms with Crippen LogP contribution < -0.4 is 16.0 Å². The average molecular weight is 486 g/mol. The summed E-state index contributed by atoms with van der Waals surface area (Å²) in [7, 11) is 0. The summed E-state index contributed by atoms with van der Waals surface area (Å²) in [6.45, 7) is 7.58. The molecule has 6 nitrogen and oxygen atoms in total. The van der Waals surface area contributed by atoms with Crippen molar-refractivity contribution >= 4 is 11.6 Å². The van der Waals surface area contributed by atoms with Crippen LogP contribution in [-0.2, 0) is 24.1 Å². The molecule has 6 heteroatoms. The fraction of sp³-hybridized carbons (Fsp3) is 0.367. The molecule has 5 N–H and O–H groups in total. The highest BCUT2D eigenvalue weighted by Gasteiger charge is 2.28. The topological polar surface area (TPSA) is 93.6 Å². The number of phenols is 2. The number of fused-ring (bicyclic) bond motifs is 2. The third-order valence-electron chi connectivity index (χ3n) is 7.68. The van der Waals surface area contributed by atoms with E-state index < -0.39 is 0 Å². The number of anilines is 1. The van der Waals surface area contributed by atoms with E-state index in [0.717, 1.165) is 64.9 Å². The second-order valence-electron chi connectivity index (χ2n) is 10.3. The van der Waals surface area contributed by atoms with Gasteiger partial charge >= 0.3 is 0 Å². The maximum Gasteiger partial charge on any atom is 0.237 e. The van der Waals surface area contributed by atoms with Crippen LogP contribution in [0.4, 0.5) is 5.69 Å². The Hall–Kier alpha value is -3.51. The summed E-state index contributed by atoms with van der Waals surface area (Å²) in [5, 5.41) is 30.1. The number of carbonyl (C=O) groups excluding carboxylic acids is 1. The molecular weight excluding hydrogens is 450 g/mol. The highest BCUT2D eigenvalue weighted by Crippen LogP contribution is 2.33. The lowest BCUT2D eigenvalue weighted by atomic mass is 9.91. The Morgan fingerprint density at radius 1 is 0.972 bits per heavy atom. The summed E-state index contributed by atoms with van der Waals surface area (Å²) >= 11 is 0. The van der Waals surface area contributed by atoms with Gasteiger partial charge in [0.15, 0.2) is 0 Å². The van der Waals surface area contributed by atoms with Crippen LogP contribution in [-0.4, -0.2) is 35.3 Å². The Balaban J connectivity index is 1.35. The molecule has 2 unspecified atom stereocenters. The molecule has 1 amide bonds. The normalized spacial score (nSPS) is 19.0. The van der Waals surface area contributed by atoms with Crippen molar-refractivity contribution in [1.82, 2.24) is 10.6 Å². The van der Waals surface area contributed by atoms with Crippen molar-refractivity contribution < 1.29 is 15.0 Å². The molecule has 0 bridgehead atoms. The van der Waals surface area contributed by atoms with Gasteiger partial charge in [0.2, 0.25) is 5.91 Å². The highest BCUT2D eigenvalue weighted by atomic mass is 16.3. The maximum absolute atomic E-state index is 13.4. The second-order valence-corrected chi connectivity index (χ2v) is 10.3. The monoisotopic (exact) mass is 485 g/mol. The summed E-state index contributed by atoms with van der Waals surface area (Å²) in [4.78, 5) is 13.4. The molecule has 0 aliphatic carbocycles. The van der Waals surface area contributed by atoms with Gasteiger partial charge in [0, 0.05) is 12.2 Å². The molecule has 3 aromatic rings. The van der Waals surface area contributed by atoms with Crippen LogP contribution in [0.15, 0.2) is 42.5 Å². The summed E-state index contributed by atoms with van der Waals surface area (Å²) in [6, 6.07) is 13.3. The Morgan fingerprint density at radius 3 is 2.47 bits per heavy atom. The molecule has 2 aliphatic rings. The van der Waals surface area contributed by atoms with Crippen LogP contribution in [0, 0.1) is 20.8 Å². The molecular formula is C30H35N3O3. The van der Waals surface area contributed by atoms with Gasteiger partial charge < -0.3 is 26.2 Å². The Kier molecular flexibility index (Phi) is 6.63. The molecule has 188 valence electrons. The summed E-state index contributed by atoms with van der Waals surface area (Å²) < 4.78 is 0. The van der Waals surface area contributed by atoms with Crippen LogP contribution in [0.3, 0.4) is 0 Å². The molecule has 0 fully saturated rings. The van der Waals surface area contributed by atoms with Crippen LogP contribution in [0.1, 0.15) is 57.0 Å². The zero-order chi connectivity index (χ0) is 25.4. The second kappa shape index (κ2) is 9.86. The van der Waals surface area contributed by atoms with Crippen molar-refractivity contribution in [2.75, 3.05) is 18.4 Å². The molecule has 3 aromatic carbocycles. The number of aromatic hydroxyl groups is 2. The third-order valence-corrected chi connectivity index (χ3v) is 7.68. The fourth-order valence-corrected chi connectivity index (χ4v) is 5.78. The Labute approximate surface area is 212 Å². The number of amides is 1. The minimum atomic E-state index is -0.307. The van der Waals surface area contributed by atoms with E-state index in [1.165, 1.54) is 11.1 Å². The average Bonchev–Trinajstić information content (AvgIpc) is 3.04. The minimum Gasteiger partial charge on any atom is -0.508 e. The lowest BCUT2D eigenvalue weighted by Crippen LogP contribution is -2.47. The minimum absolute atomic E-state index is 0.0174. The van der Waals surface area contributed by atoms with E-state index in [2.05, 4.69) is 34.1 Å². The van der Waals surface area contributed by atoms with Crippen molar-refractivity contribution in [3.8, 4) is 11.5 Å². The summed E-state index contributed by atoms with van der Waals surface area (Å²) in [6.07, 6.45) is 3.02. The SMILES string of the molecule is Cc1cc(O)cc(C)c1Cc1ccc2c(c1)C(NC(=O)C1Cc3c(C)cc(O)cc3CCN1)CCN2. The number of nitrogens with one attached hydrogen (secondary N) is 3. The van der Waals surface area contributed by atoms with Crippen molar-refractivity contribution in [3.05, 3.63) is 87.0 Å². The molecule has 0 saturated carbocycles. The van der Waals surface area contributed by atoms with Crippen molar-refractivity contribution in [1.29, 1.82) is 0 Å². The molecule has 36 heavy (non-hydrogen) atoms. The van der Waals surface area contributed by atoms with Crippen LogP contribution in [0.2, 0.25) is 0 Å². The molecule has 0 spiro atoms. The molecule has 5 rings (SSSR count). The maximum atomic E-state index is 13.4. The van der Waals surface area contributed by atoms with E-state index in [4.69, 9.17) is 0 Å². The number of hydrogen-bond donors (Lipinski definition) is 5. The number of rotatable bonds is 4. The molecule has 0 aromatic heterocycles. The fourth-order valence-electron chi connectivity index (χ4n) is 5.78. The van der Waals surface area contributed by atoms with Gasteiger partial charge in [-0.1, -0.05) is 12.1 Å². The van der Waals surface area contributed by atoms with Gasteiger partial charge in [-0.15, -0.1) is 0 Å². The van der Waals surface area contributed by atoms with Crippen molar-refractivity contribution in [2.24, 2.45) is 0 Å². The first-order valence-electron chi connectivity index (χ1n) is 12.8. The van der Waals surface area contributed by atoms with E-state index >= 15 is 0 Å². The standard InChI is InChI=1S/C30H35N3O3/c1-17-10-22(34)11-18(2)24(17)13-20-4-5-27-26(14-20)28(7-9-31-27)33-30(36)29-16-25-19(3)12-23(35)15-21(25)6-8-32-29/h4-5,10-12,14-15,28-29,31-32,34-35H,6-9,13,16H2,1-3H3,(H,33,36). The van der Waals surface area contributed by atoms with E-state index in [-0.39, 0.29) is 23.7 Å². The first-order chi connectivity index (χ1) is 17.3. The lowest BCUT2D eigenvalue weighted by Gasteiger charge is -2.30. The number of hydrogen-bond acceptors (Lipinski definition) is 5. The first kappa shape index (κ1) is 24.2. The largest absolute Gasteiger partial charge is 0.508 e. The Bertz CT molecular complexity index is 1290. The first-order valence-corrected chi connectivity index (χ1v) is 12.8.